The molecule has 4 N–H and O–H groups in total. The van der Waals surface area contributed by atoms with E-state index in [1.165, 1.54) is 34.6 Å². The van der Waals surface area contributed by atoms with Crippen LogP contribution in [0.4, 0.5) is 15.8 Å². The van der Waals surface area contributed by atoms with E-state index < -0.39 is 27.7 Å². The van der Waals surface area contributed by atoms with Crippen LogP contribution in [0.3, 0.4) is 0 Å². The van der Waals surface area contributed by atoms with Crippen molar-refractivity contribution in [3.8, 4) is 0 Å². The number of benzene rings is 2. The summed E-state index contributed by atoms with van der Waals surface area (Å²) in [6.45, 7) is 1.02. The third kappa shape index (κ3) is 5.12. The average Bonchev–Trinajstić information content (AvgIpc) is 2.73. The molecule has 160 valence electrons. The van der Waals surface area contributed by atoms with E-state index in [2.05, 4.69) is 10.6 Å². The van der Waals surface area contributed by atoms with E-state index >= 15 is 0 Å². The highest BCUT2D eigenvalue weighted by Gasteiger charge is 2.26. The van der Waals surface area contributed by atoms with Crippen LogP contribution in [0.25, 0.3) is 0 Å². The van der Waals surface area contributed by atoms with Gasteiger partial charge in [0.25, 0.3) is 5.91 Å². The number of carbonyl (C=O) groups is 2. The highest BCUT2D eigenvalue weighted by Crippen LogP contribution is 2.20. The molecule has 0 saturated carbocycles. The van der Waals surface area contributed by atoms with Gasteiger partial charge in [0.15, 0.2) is 0 Å². The van der Waals surface area contributed by atoms with Crippen LogP contribution in [-0.4, -0.2) is 57.4 Å². The summed E-state index contributed by atoms with van der Waals surface area (Å²) in [5.41, 5.74) is 5.40. The second-order valence-electron chi connectivity index (χ2n) is 6.50. The standard InChI is InChI=1S/C19H21FN4O5S/c20-17-11-13(4-5-16(17)19(21)26)22-12-18(25)23-14-2-1-3-15(10-14)30(27,28)24-6-8-29-9-7-24/h1-5,10-11,22H,6-9,12H2,(H2,21,26)(H,23,25). The maximum absolute atomic E-state index is 13.8. The Hall–Kier alpha value is -3.02. The molecule has 2 aromatic carbocycles. The number of nitrogens with zero attached hydrogens (tertiary/aromatic N) is 1. The van der Waals surface area contributed by atoms with Gasteiger partial charge in [-0.1, -0.05) is 6.07 Å². The van der Waals surface area contributed by atoms with Gasteiger partial charge in [-0.15, -0.1) is 0 Å². The lowest BCUT2D eigenvalue weighted by Gasteiger charge is -2.26. The van der Waals surface area contributed by atoms with Crippen LogP contribution >= 0.6 is 0 Å². The van der Waals surface area contributed by atoms with Gasteiger partial charge < -0.3 is 21.1 Å². The number of amides is 2. The number of ether oxygens (including phenoxy) is 1. The lowest BCUT2D eigenvalue weighted by atomic mass is 10.2. The minimum atomic E-state index is -3.68. The molecule has 11 heteroatoms. The normalized spacial score (nSPS) is 14.8. The molecule has 2 aromatic rings. The average molecular weight is 436 g/mol. The van der Waals surface area contributed by atoms with Gasteiger partial charge in [0.1, 0.15) is 5.82 Å². The molecular formula is C19H21FN4O5S. The first-order valence-corrected chi connectivity index (χ1v) is 10.5. The van der Waals surface area contributed by atoms with Crippen molar-refractivity contribution >= 4 is 33.2 Å². The van der Waals surface area contributed by atoms with E-state index in [1.807, 2.05) is 0 Å². The smallest absolute Gasteiger partial charge is 0.251 e. The molecule has 0 spiro atoms. The van der Waals surface area contributed by atoms with Gasteiger partial charge in [-0.2, -0.15) is 4.31 Å². The molecule has 1 aliphatic heterocycles. The van der Waals surface area contributed by atoms with Gasteiger partial charge in [0, 0.05) is 24.5 Å². The number of nitrogens with two attached hydrogens (primary N) is 1. The number of primary amides is 1. The largest absolute Gasteiger partial charge is 0.379 e. The van der Waals surface area contributed by atoms with Gasteiger partial charge in [-0.3, -0.25) is 9.59 Å². The number of halogens is 1. The molecule has 1 fully saturated rings. The molecule has 0 unspecified atom stereocenters. The van der Waals surface area contributed by atoms with E-state index in [0.29, 0.717) is 18.9 Å². The van der Waals surface area contributed by atoms with Crippen LogP contribution in [0.5, 0.6) is 0 Å². The minimum Gasteiger partial charge on any atom is -0.379 e. The summed E-state index contributed by atoms with van der Waals surface area (Å²) in [4.78, 5) is 23.3. The number of sulfonamides is 1. The summed E-state index contributed by atoms with van der Waals surface area (Å²) in [5, 5.41) is 5.32. The topological polar surface area (TPSA) is 131 Å². The van der Waals surface area contributed by atoms with Gasteiger partial charge in [0.2, 0.25) is 15.9 Å². The zero-order valence-electron chi connectivity index (χ0n) is 15.9. The number of nitrogens with one attached hydrogen (secondary N) is 2. The molecule has 3 rings (SSSR count). The number of carbonyl (C=O) groups excluding carboxylic acids is 2. The summed E-state index contributed by atoms with van der Waals surface area (Å²) >= 11 is 0. The number of rotatable bonds is 7. The number of anilines is 2. The first-order chi connectivity index (χ1) is 14.3. The zero-order chi connectivity index (χ0) is 21.7. The van der Waals surface area contributed by atoms with E-state index in [-0.39, 0.29) is 35.8 Å². The lowest BCUT2D eigenvalue weighted by Crippen LogP contribution is -2.40. The van der Waals surface area contributed by atoms with E-state index in [4.69, 9.17) is 10.5 Å². The monoisotopic (exact) mass is 436 g/mol. The van der Waals surface area contributed by atoms with Crippen LogP contribution < -0.4 is 16.4 Å². The van der Waals surface area contributed by atoms with Gasteiger partial charge in [-0.05, 0) is 36.4 Å². The molecule has 30 heavy (non-hydrogen) atoms. The fourth-order valence-corrected chi connectivity index (χ4v) is 4.34. The number of morpholine rings is 1. The van der Waals surface area contributed by atoms with Crippen molar-refractivity contribution in [1.29, 1.82) is 0 Å². The fraction of sp³-hybridized carbons (Fsp3) is 0.263. The van der Waals surface area contributed by atoms with Gasteiger partial charge >= 0.3 is 0 Å². The van der Waals surface area contributed by atoms with Crippen molar-refractivity contribution in [2.75, 3.05) is 43.5 Å². The zero-order valence-corrected chi connectivity index (χ0v) is 16.7. The SMILES string of the molecule is NC(=O)c1ccc(NCC(=O)Nc2cccc(S(=O)(=O)N3CCOCC3)c2)cc1F. The summed E-state index contributed by atoms with van der Waals surface area (Å²) < 4.78 is 45.7. The van der Waals surface area contributed by atoms with Crippen molar-refractivity contribution < 1.29 is 27.1 Å². The van der Waals surface area contributed by atoms with Crippen molar-refractivity contribution in [3.63, 3.8) is 0 Å². The Morgan fingerprint density at radius 2 is 1.83 bits per heavy atom. The Balaban J connectivity index is 1.62. The van der Waals surface area contributed by atoms with Crippen LogP contribution in [0.2, 0.25) is 0 Å². The first kappa shape index (κ1) is 21.7. The summed E-state index contributed by atoms with van der Waals surface area (Å²) in [6, 6.07) is 9.64. The maximum Gasteiger partial charge on any atom is 0.251 e. The molecule has 1 heterocycles. The lowest BCUT2D eigenvalue weighted by molar-refractivity contribution is -0.114. The molecule has 1 aliphatic rings. The fourth-order valence-electron chi connectivity index (χ4n) is 2.88. The predicted molar refractivity (Wildman–Crippen MR) is 108 cm³/mol. The maximum atomic E-state index is 13.8. The van der Waals surface area contributed by atoms with Crippen LogP contribution in [-0.2, 0) is 19.6 Å². The van der Waals surface area contributed by atoms with Crippen LogP contribution in [0.15, 0.2) is 47.4 Å². The Labute approximate surface area is 173 Å². The Kier molecular flexibility index (Phi) is 6.65. The van der Waals surface area contributed by atoms with Crippen LogP contribution in [0.1, 0.15) is 10.4 Å². The third-order valence-corrected chi connectivity index (χ3v) is 6.31. The van der Waals surface area contributed by atoms with E-state index in [9.17, 15) is 22.4 Å². The quantitative estimate of drug-likeness (QED) is 0.593. The number of hydrogen-bond acceptors (Lipinski definition) is 6. The minimum absolute atomic E-state index is 0.0688. The predicted octanol–water partition coefficient (Wildman–Crippen LogP) is 0.996. The first-order valence-electron chi connectivity index (χ1n) is 9.08. The Morgan fingerprint density at radius 1 is 1.10 bits per heavy atom. The molecule has 0 aliphatic carbocycles. The van der Waals surface area contributed by atoms with E-state index in [0.717, 1.165) is 6.07 Å². The summed E-state index contributed by atoms with van der Waals surface area (Å²) in [7, 11) is -3.68. The van der Waals surface area contributed by atoms with Gasteiger partial charge in [0.05, 0.1) is 30.2 Å². The Morgan fingerprint density at radius 3 is 2.50 bits per heavy atom. The summed E-state index contributed by atoms with van der Waals surface area (Å²) in [5.74, 6) is -2.15. The summed E-state index contributed by atoms with van der Waals surface area (Å²) in [6.07, 6.45) is 0. The molecule has 2 amide bonds. The second kappa shape index (κ2) is 9.20. The van der Waals surface area contributed by atoms with Crippen molar-refractivity contribution in [2.45, 2.75) is 4.90 Å². The number of hydrogen-bond donors (Lipinski definition) is 3. The molecule has 1 saturated heterocycles. The molecule has 0 bridgehead atoms. The van der Waals surface area contributed by atoms with E-state index in [1.54, 1.807) is 6.07 Å². The van der Waals surface area contributed by atoms with Crippen molar-refractivity contribution in [1.82, 2.24) is 4.31 Å². The molecule has 9 nitrogen and oxygen atoms in total. The third-order valence-electron chi connectivity index (χ3n) is 4.41. The molecular weight excluding hydrogens is 415 g/mol. The van der Waals surface area contributed by atoms with Crippen molar-refractivity contribution in [3.05, 3.63) is 53.8 Å². The van der Waals surface area contributed by atoms with Gasteiger partial charge in [-0.25, -0.2) is 12.8 Å². The molecule has 0 radical (unpaired) electrons. The molecule has 0 aromatic heterocycles. The Bertz CT molecular complexity index is 1050. The second-order valence-corrected chi connectivity index (χ2v) is 8.44. The highest BCUT2D eigenvalue weighted by molar-refractivity contribution is 7.89. The molecule has 0 atom stereocenters. The highest BCUT2D eigenvalue weighted by atomic mass is 32.2. The van der Waals surface area contributed by atoms with Crippen molar-refractivity contribution in [2.24, 2.45) is 5.73 Å². The van der Waals surface area contributed by atoms with Crippen LogP contribution in [0, 0.1) is 5.82 Å².